The van der Waals surface area contributed by atoms with E-state index >= 15 is 8.78 Å². The topological polar surface area (TPSA) is 96.0 Å². The summed E-state index contributed by atoms with van der Waals surface area (Å²) in [6.07, 6.45) is 0.454. The molecule has 0 aliphatic rings. The highest BCUT2D eigenvalue weighted by atomic mass is 32.2. The van der Waals surface area contributed by atoms with Crippen molar-refractivity contribution in [1.29, 1.82) is 0 Å². The molecule has 0 fully saturated rings. The zero-order valence-electron chi connectivity index (χ0n) is 26.6. The SMILES string of the molecule is CC(C)CC(=O)SCCOP(=O)(OCCSC(=O)CC(C)C)C(F)(F)c1ccc2ccc(C(=O)Oc3c(F)c(F)c(F)c(F)c3F)cc2c1. The number of ether oxygens (including phenoxy) is 1. The molecule has 0 saturated heterocycles. The van der Waals surface area contributed by atoms with Crippen molar-refractivity contribution in [3.8, 4) is 5.75 Å². The van der Waals surface area contributed by atoms with Crippen LogP contribution in [0.1, 0.15) is 56.5 Å². The van der Waals surface area contributed by atoms with Gasteiger partial charge in [-0.05, 0) is 40.8 Å². The van der Waals surface area contributed by atoms with Gasteiger partial charge in [-0.1, -0.05) is 69.4 Å². The van der Waals surface area contributed by atoms with Gasteiger partial charge in [0, 0.05) is 29.9 Å². The molecule has 0 bridgehead atoms. The highest BCUT2D eigenvalue weighted by Gasteiger charge is 2.55. The molecule has 3 aromatic carbocycles. The van der Waals surface area contributed by atoms with Gasteiger partial charge < -0.3 is 13.8 Å². The normalized spacial score (nSPS) is 12.3. The molecule has 3 aromatic rings. The van der Waals surface area contributed by atoms with Crippen molar-refractivity contribution in [3.05, 3.63) is 76.6 Å². The first-order valence-corrected chi connectivity index (χ1v) is 18.3. The molecule has 0 heterocycles. The molecule has 268 valence electrons. The summed E-state index contributed by atoms with van der Waals surface area (Å²) in [7, 11) is -5.36. The fourth-order valence-corrected chi connectivity index (χ4v) is 7.61. The number of alkyl halides is 2. The summed E-state index contributed by atoms with van der Waals surface area (Å²) in [5.74, 6) is -15.5. The monoisotopic (exact) mass is 756 g/mol. The summed E-state index contributed by atoms with van der Waals surface area (Å²) < 4.78 is 129. The van der Waals surface area contributed by atoms with Crippen LogP contribution in [0.25, 0.3) is 10.8 Å². The summed E-state index contributed by atoms with van der Waals surface area (Å²) in [5, 5.41) is -0.278. The summed E-state index contributed by atoms with van der Waals surface area (Å²) in [4.78, 5) is 36.7. The minimum Gasteiger partial charge on any atom is -0.416 e. The van der Waals surface area contributed by atoms with Crippen molar-refractivity contribution in [2.24, 2.45) is 11.8 Å². The third-order valence-corrected chi connectivity index (χ3v) is 10.2. The first kappa shape index (κ1) is 40.5. The lowest BCUT2D eigenvalue weighted by atomic mass is 10.0. The minimum absolute atomic E-state index is 0.0575. The summed E-state index contributed by atoms with van der Waals surface area (Å²) in [5.41, 5.74) is -5.72. The predicted octanol–water partition coefficient (Wildman–Crippen LogP) is 9.64. The van der Waals surface area contributed by atoms with E-state index in [4.69, 9.17) is 9.05 Å². The molecule has 17 heteroatoms. The lowest BCUT2D eigenvalue weighted by Crippen LogP contribution is -2.20. The van der Waals surface area contributed by atoms with Crippen LogP contribution in [0.5, 0.6) is 5.75 Å². The number of halogens is 7. The molecule has 0 saturated carbocycles. The van der Waals surface area contributed by atoms with E-state index in [0.29, 0.717) is 0 Å². The number of carbonyl (C=O) groups excluding carboxylic acids is 3. The average Bonchev–Trinajstić information content (AvgIpc) is 3.03. The van der Waals surface area contributed by atoms with Crippen LogP contribution in [0.2, 0.25) is 0 Å². The highest BCUT2D eigenvalue weighted by molar-refractivity contribution is 8.13. The number of esters is 1. The molecule has 0 atom stereocenters. The van der Waals surface area contributed by atoms with Crippen LogP contribution in [0.15, 0.2) is 36.4 Å². The molecule has 0 N–H and O–H groups in total. The van der Waals surface area contributed by atoms with Crippen molar-refractivity contribution < 1.29 is 63.5 Å². The second-order valence-electron chi connectivity index (χ2n) is 11.4. The Hall–Kier alpha value is -2.91. The van der Waals surface area contributed by atoms with E-state index in [1.807, 2.05) is 27.7 Å². The van der Waals surface area contributed by atoms with Crippen LogP contribution in [-0.2, 0) is 28.9 Å². The molecule has 0 aromatic heterocycles. The van der Waals surface area contributed by atoms with Gasteiger partial charge in [0.15, 0.2) is 10.2 Å². The maximum atomic E-state index is 16.1. The lowest BCUT2D eigenvalue weighted by molar-refractivity contribution is -0.112. The van der Waals surface area contributed by atoms with Crippen LogP contribution in [0, 0.1) is 40.9 Å². The Morgan fingerprint density at radius 1 is 0.714 bits per heavy atom. The number of hydrogen-bond acceptors (Lipinski definition) is 9. The quantitative estimate of drug-likeness (QED) is 0.0269. The van der Waals surface area contributed by atoms with Gasteiger partial charge >= 0.3 is 19.2 Å². The number of hydrogen-bond donors (Lipinski definition) is 0. The third kappa shape index (κ3) is 10.3. The van der Waals surface area contributed by atoms with Crippen molar-refractivity contribution >= 4 is 58.1 Å². The number of thioether (sulfide) groups is 2. The molecule has 7 nitrogen and oxygen atoms in total. The minimum atomic E-state index is -5.36. The zero-order chi connectivity index (χ0) is 36.7. The maximum absolute atomic E-state index is 16.1. The standard InChI is InChI=1S/C32H32F7O7PS2/c1-17(2)13-23(40)48-11-9-44-47(43,45-10-12-49-24(41)14-18(3)4)32(38,39)22-8-7-19-5-6-20(15-21(19)16-22)31(42)46-30-28(36)26(34)25(33)27(35)29(30)37/h5-8,15-18H,9-14H2,1-4H3. The maximum Gasteiger partial charge on any atom is 0.404 e. The molecule has 0 unspecified atom stereocenters. The molecule has 0 amide bonds. The van der Waals surface area contributed by atoms with Crippen molar-refractivity contribution in [1.82, 2.24) is 0 Å². The first-order chi connectivity index (χ1) is 22.9. The van der Waals surface area contributed by atoms with Gasteiger partial charge in [-0.3, -0.25) is 14.2 Å². The Kier molecular flexibility index (Phi) is 14.3. The smallest absolute Gasteiger partial charge is 0.404 e. The summed E-state index contributed by atoms with van der Waals surface area (Å²) in [6.45, 7) is 6.19. The predicted molar refractivity (Wildman–Crippen MR) is 172 cm³/mol. The van der Waals surface area contributed by atoms with Crippen LogP contribution >= 0.6 is 31.1 Å². The van der Waals surface area contributed by atoms with Crippen molar-refractivity contribution in [2.45, 2.75) is 46.2 Å². The Labute approximate surface area is 286 Å². The molecule has 0 radical (unpaired) electrons. The van der Waals surface area contributed by atoms with E-state index in [1.165, 1.54) is 12.1 Å². The molecule has 3 rings (SSSR count). The highest BCUT2D eigenvalue weighted by Crippen LogP contribution is 2.67. The Bertz CT molecular complexity index is 1690. The molecule has 49 heavy (non-hydrogen) atoms. The van der Waals surface area contributed by atoms with E-state index in [1.54, 1.807) is 0 Å². The fourth-order valence-electron chi connectivity index (χ4n) is 4.15. The molecular weight excluding hydrogens is 724 g/mol. The third-order valence-electron chi connectivity index (χ3n) is 6.50. The molecule has 0 aliphatic carbocycles. The summed E-state index contributed by atoms with van der Waals surface area (Å²) >= 11 is 1.63. The second kappa shape index (κ2) is 17.3. The summed E-state index contributed by atoms with van der Waals surface area (Å²) in [6, 6.07) is 6.19. The zero-order valence-corrected chi connectivity index (χ0v) is 29.2. The van der Waals surface area contributed by atoms with E-state index in [2.05, 4.69) is 4.74 Å². The van der Waals surface area contributed by atoms with Crippen LogP contribution in [-0.4, -0.2) is 40.9 Å². The lowest BCUT2D eigenvalue weighted by Gasteiger charge is -2.27. The van der Waals surface area contributed by atoms with Gasteiger partial charge in [0.05, 0.1) is 18.8 Å². The van der Waals surface area contributed by atoms with Gasteiger partial charge in [0.1, 0.15) is 0 Å². The average molecular weight is 757 g/mol. The van der Waals surface area contributed by atoms with Crippen molar-refractivity contribution in [2.75, 3.05) is 24.7 Å². The van der Waals surface area contributed by atoms with Crippen LogP contribution in [0.3, 0.4) is 0 Å². The number of fused-ring (bicyclic) bond motifs is 1. The molecule has 0 spiro atoms. The van der Waals surface area contributed by atoms with E-state index in [9.17, 15) is 40.9 Å². The second-order valence-corrected chi connectivity index (χ2v) is 15.8. The fraction of sp³-hybridized carbons (Fsp3) is 0.406. The number of carbonyl (C=O) groups is 3. The van der Waals surface area contributed by atoms with Gasteiger partial charge in [-0.25, -0.2) is 18.0 Å². The number of benzene rings is 3. The van der Waals surface area contributed by atoms with Gasteiger partial charge in [-0.2, -0.15) is 17.6 Å². The van der Waals surface area contributed by atoms with Gasteiger partial charge in [0.2, 0.25) is 34.8 Å². The molecular formula is C32H32F7O7PS2. The van der Waals surface area contributed by atoms with Crippen LogP contribution in [0.4, 0.5) is 30.7 Å². The van der Waals surface area contributed by atoms with E-state index in [0.717, 1.165) is 47.8 Å². The Balaban J connectivity index is 1.89. The van der Waals surface area contributed by atoms with E-state index in [-0.39, 0.29) is 57.2 Å². The Morgan fingerprint density at radius 3 is 1.67 bits per heavy atom. The largest absolute Gasteiger partial charge is 0.416 e. The van der Waals surface area contributed by atoms with Crippen molar-refractivity contribution in [3.63, 3.8) is 0 Å². The van der Waals surface area contributed by atoms with Gasteiger partial charge in [0.25, 0.3) is 0 Å². The van der Waals surface area contributed by atoms with E-state index < -0.39 is 78.4 Å². The molecule has 0 aliphatic heterocycles. The Morgan fingerprint density at radius 2 is 1.18 bits per heavy atom. The van der Waals surface area contributed by atoms with Gasteiger partial charge in [-0.15, -0.1) is 0 Å². The number of rotatable bonds is 16. The van der Waals surface area contributed by atoms with Crippen LogP contribution < -0.4 is 4.74 Å². The first-order valence-electron chi connectivity index (χ1n) is 14.7.